The van der Waals surface area contributed by atoms with Gasteiger partial charge in [-0.25, -0.2) is 9.63 Å². The normalized spacial score (nSPS) is 20.8. The van der Waals surface area contributed by atoms with Gasteiger partial charge in [-0.3, -0.25) is 10.1 Å². The Labute approximate surface area is 137 Å². The zero-order valence-corrected chi connectivity index (χ0v) is 13.3. The number of carbonyl (C=O) groups excluding carboxylic acids is 2. The highest BCUT2D eigenvalue weighted by Gasteiger charge is 2.46. The number of hydrogen-bond acceptors (Lipinski definition) is 4. The third kappa shape index (κ3) is 2.62. The lowest BCUT2D eigenvalue weighted by Gasteiger charge is -2.25. The number of urea groups is 1. The fourth-order valence-electron chi connectivity index (χ4n) is 2.87. The van der Waals surface area contributed by atoms with Crippen molar-refractivity contribution in [2.75, 3.05) is 6.54 Å². The van der Waals surface area contributed by atoms with Crippen LogP contribution >= 0.6 is 11.8 Å². The zero-order chi connectivity index (χ0) is 16.6. The van der Waals surface area contributed by atoms with Crippen LogP contribution in [0.5, 0.6) is 5.88 Å². The summed E-state index contributed by atoms with van der Waals surface area (Å²) in [6, 6.07) is 5.21. The van der Waals surface area contributed by atoms with E-state index in [9.17, 15) is 14.7 Å². The van der Waals surface area contributed by atoms with Crippen LogP contribution in [0.15, 0.2) is 24.4 Å². The van der Waals surface area contributed by atoms with Gasteiger partial charge in [0.05, 0.1) is 6.54 Å². The van der Waals surface area contributed by atoms with Gasteiger partial charge in [0.1, 0.15) is 0 Å². The Morgan fingerprint density at radius 2 is 2.17 bits per heavy atom. The number of nitrogens with one attached hydrogen (secondary N) is 3. The molecule has 23 heavy (non-hydrogen) atoms. The fraction of sp³-hybridized carbons (Fsp3) is 0.333. The number of amides is 3. The average molecular weight is 337 g/mol. The Kier molecular flexibility index (Phi) is 3.91. The van der Waals surface area contributed by atoms with E-state index < -0.39 is 17.5 Å². The van der Waals surface area contributed by atoms with Crippen molar-refractivity contribution in [1.29, 1.82) is 0 Å². The molecule has 1 aliphatic rings. The Balaban J connectivity index is 2.00. The van der Waals surface area contributed by atoms with Gasteiger partial charge < -0.3 is 15.0 Å². The summed E-state index contributed by atoms with van der Waals surface area (Å²) >= 11 is 5.56. The van der Waals surface area contributed by atoms with Crippen LogP contribution < -0.4 is 15.5 Å². The molecular formula is C15H17ClN4O3. The quantitative estimate of drug-likeness (QED) is 0.488. The molecular weight excluding hydrogens is 320 g/mol. The second-order valence-electron chi connectivity index (χ2n) is 5.66. The van der Waals surface area contributed by atoms with Crippen molar-refractivity contribution >= 4 is 34.5 Å². The topological polar surface area (TPSA) is 95.4 Å². The van der Waals surface area contributed by atoms with E-state index in [-0.39, 0.29) is 19.0 Å². The van der Waals surface area contributed by atoms with E-state index >= 15 is 0 Å². The number of benzene rings is 1. The molecule has 1 aliphatic heterocycles. The summed E-state index contributed by atoms with van der Waals surface area (Å²) in [6.45, 7) is 2.14. The first-order valence-electron chi connectivity index (χ1n) is 7.27. The second-order valence-corrected chi connectivity index (χ2v) is 5.92. The molecule has 1 saturated heterocycles. The van der Waals surface area contributed by atoms with E-state index in [4.69, 9.17) is 11.8 Å². The molecule has 3 rings (SSSR count). The summed E-state index contributed by atoms with van der Waals surface area (Å²) in [4.78, 5) is 26.0. The van der Waals surface area contributed by atoms with Crippen LogP contribution in [0.4, 0.5) is 4.79 Å². The van der Waals surface area contributed by atoms with E-state index in [1.165, 1.54) is 0 Å². The number of carbonyl (C=O) groups is 2. The van der Waals surface area contributed by atoms with Crippen molar-refractivity contribution in [2.24, 2.45) is 0 Å². The van der Waals surface area contributed by atoms with Crippen LogP contribution in [-0.2, 0) is 17.8 Å². The third-order valence-electron chi connectivity index (χ3n) is 4.16. The number of aryl methyl sites for hydroxylation is 1. The van der Waals surface area contributed by atoms with E-state index in [0.717, 1.165) is 17.4 Å². The first-order valence-corrected chi connectivity index (χ1v) is 7.64. The lowest BCUT2D eigenvalue weighted by atomic mass is 10.0. The molecule has 0 radical (unpaired) electrons. The van der Waals surface area contributed by atoms with Crippen molar-refractivity contribution in [2.45, 2.75) is 25.4 Å². The van der Waals surface area contributed by atoms with Gasteiger partial charge in [-0.2, -0.15) is 0 Å². The number of rotatable bonds is 5. The minimum Gasteiger partial charge on any atom is -0.494 e. The van der Waals surface area contributed by atoms with Crippen LogP contribution in [0.1, 0.15) is 12.5 Å². The third-order valence-corrected chi connectivity index (χ3v) is 4.29. The lowest BCUT2D eigenvalue weighted by Crippen LogP contribution is -2.55. The lowest BCUT2D eigenvalue weighted by molar-refractivity contribution is -0.124. The summed E-state index contributed by atoms with van der Waals surface area (Å²) in [5, 5.41) is 16.8. The van der Waals surface area contributed by atoms with E-state index in [2.05, 4.69) is 22.4 Å². The van der Waals surface area contributed by atoms with Crippen LogP contribution in [0.25, 0.3) is 10.8 Å². The second kappa shape index (κ2) is 5.75. The molecule has 0 bridgehead atoms. The molecule has 1 aromatic heterocycles. The van der Waals surface area contributed by atoms with Gasteiger partial charge >= 0.3 is 6.03 Å². The van der Waals surface area contributed by atoms with Gasteiger partial charge in [0.15, 0.2) is 11.4 Å². The first-order chi connectivity index (χ1) is 11.0. The molecule has 3 amide bonds. The van der Waals surface area contributed by atoms with E-state index in [0.29, 0.717) is 5.39 Å². The minimum absolute atomic E-state index is 0.0281. The van der Waals surface area contributed by atoms with Gasteiger partial charge in [0.25, 0.3) is 5.91 Å². The molecule has 4 N–H and O–H groups in total. The predicted molar refractivity (Wildman–Crippen MR) is 86.2 cm³/mol. The maximum Gasteiger partial charge on any atom is 0.322 e. The Bertz CT molecular complexity index is 788. The summed E-state index contributed by atoms with van der Waals surface area (Å²) in [7, 11) is 0. The Hall–Kier alpha value is -2.25. The molecule has 8 heteroatoms. The van der Waals surface area contributed by atoms with E-state index in [1.54, 1.807) is 10.8 Å². The largest absolute Gasteiger partial charge is 0.494 e. The summed E-state index contributed by atoms with van der Waals surface area (Å²) in [5.41, 5.74) is -0.0995. The number of imide groups is 1. The molecule has 1 atom stereocenters. The maximum absolute atomic E-state index is 12.1. The minimum atomic E-state index is -1.25. The van der Waals surface area contributed by atoms with Crippen molar-refractivity contribution < 1.29 is 14.7 Å². The highest BCUT2D eigenvalue weighted by Crippen LogP contribution is 2.30. The fourth-order valence-corrected chi connectivity index (χ4v) is 3.10. The van der Waals surface area contributed by atoms with Crippen molar-refractivity contribution in [1.82, 2.24) is 20.0 Å². The first kappa shape index (κ1) is 15.6. The van der Waals surface area contributed by atoms with Crippen molar-refractivity contribution in [3.63, 3.8) is 0 Å². The molecule has 122 valence electrons. The van der Waals surface area contributed by atoms with Crippen LogP contribution in [-0.4, -0.2) is 33.7 Å². The molecule has 1 unspecified atom stereocenters. The van der Waals surface area contributed by atoms with Gasteiger partial charge in [-0.15, -0.1) is 0 Å². The number of hydrogen-bond donors (Lipinski definition) is 4. The Morgan fingerprint density at radius 3 is 2.78 bits per heavy atom. The molecule has 2 aromatic rings. The number of halogens is 1. The molecule has 1 aromatic carbocycles. The summed E-state index contributed by atoms with van der Waals surface area (Å²) in [6.07, 6.45) is 2.65. The molecule has 7 nitrogen and oxygen atoms in total. The molecule has 1 fully saturated rings. The van der Waals surface area contributed by atoms with Gasteiger partial charge in [-0.05, 0) is 35.9 Å². The standard InChI is InChI=1S/C15H17ClN4O3/c1-2-9-3-4-11-10(5-9)6-20(12(11)21)8-15(7-17-16)13(22)18-14(23)19-15/h3-6,17,21H,2,7-8H2,1H3,(H2,18,19,22,23). The molecule has 0 saturated carbocycles. The number of aromatic hydroxyl groups is 1. The maximum atomic E-state index is 12.1. The number of fused-ring (bicyclic) bond motifs is 1. The summed E-state index contributed by atoms with van der Waals surface area (Å²) in [5.74, 6) is -0.437. The van der Waals surface area contributed by atoms with Gasteiger partial charge in [0.2, 0.25) is 0 Å². The highest BCUT2D eigenvalue weighted by atomic mass is 35.5. The van der Waals surface area contributed by atoms with Crippen LogP contribution in [0, 0.1) is 0 Å². The van der Waals surface area contributed by atoms with Gasteiger partial charge in [0, 0.05) is 23.5 Å². The van der Waals surface area contributed by atoms with Gasteiger partial charge in [-0.1, -0.05) is 13.0 Å². The van der Waals surface area contributed by atoms with E-state index in [1.807, 2.05) is 18.2 Å². The summed E-state index contributed by atoms with van der Waals surface area (Å²) < 4.78 is 1.55. The highest BCUT2D eigenvalue weighted by molar-refractivity contribution is 6.14. The monoisotopic (exact) mass is 336 g/mol. The number of aromatic nitrogens is 1. The van der Waals surface area contributed by atoms with Crippen molar-refractivity contribution in [3.8, 4) is 5.88 Å². The molecule has 2 heterocycles. The SMILES string of the molecule is CCc1ccc2c(O)n(CC3(CNCl)NC(=O)NC3=O)cc2c1. The van der Waals surface area contributed by atoms with Crippen LogP contribution in [0.2, 0.25) is 0 Å². The van der Waals surface area contributed by atoms with Crippen LogP contribution in [0.3, 0.4) is 0 Å². The molecule has 0 aliphatic carbocycles. The Morgan fingerprint density at radius 1 is 1.39 bits per heavy atom. The van der Waals surface area contributed by atoms with Crippen molar-refractivity contribution in [3.05, 3.63) is 30.0 Å². The average Bonchev–Trinajstić information content (AvgIpc) is 2.96. The zero-order valence-electron chi connectivity index (χ0n) is 12.5. The molecule has 0 spiro atoms. The predicted octanol–water partition coefficient (Wildman–Crippen LogP) is 1.23. The smallest absolute Gasteiger partial charge is 0.322 e. The number of nitrogens with zero attached hydrogens (tertiary/aromatic N) is 1.